The van der Waals surface area contributed by atoms with Gasteiger partial charge in [0.25, 0.3) is 9.05 Å². The van der Waals surface area contributed by atoms with Gasteiger partial charge in [0, 0.05) is 48.8 Å². The van der Waals surface area contributed by atoms with Gasteiger partial charge in [-0.3, -0.25) is 0 Å². The van der Waals surface area contributed by atoms with Gasteiger partial charge in [-0.25, -0.2) is 18.4 Å². The molecule has 0 spiro atoms. The summed E-state index contributed by atoms with van der Waals surface area (Å²) in [6.45, 7) is 3.24. The Morgan fingerprint density at radius 3 is 2.72 bits per heavy atom. The topological polar surface area (TPSA) is 69.8 Å². The van der Waals surface area contributed by atoms with E-state index in [0.717, 1.165) is 0 Å². The van der Waals surface area contributed by atoms with Crippen molar-refractivity contribution < 1.29 is 8.42 Å². The summed E-state index contributed by atoms with van der Waals surface area (Å²) in [5.74, 6) is 0.703. The lowest BCUT2D eigenvalue weighted by Gasteiger charge is -2.06. The van der Waals surface area contributed by atoms with Crippen molar-refractivity contribution in [1.82, 2.24) is 19.1 Å². The zero-order chi connectivity index (χ0) is 13.2. The summed E-state index contributed by atoms with van der Waals surface area (Å²) in [5, 5.41) is -0.0911. The van der Waals surface area contributed by atoms with E-state index in [1.165, 1.54) is 6.20 Å². The maximum atomic E-state index is 11.2. The SMILES string of the molecule is CCc1nc(S(=O)(=O)Cl)cn1CCn1ccnc1. The number of nitrogens with zero attached hydrogens (tertiary/aromatic N) is 4. The van der Waals surface area contributed by atoms with Gasteiger partial charge in [-0.2, -0.15) is 0 Å². The molecule has 0 amide bonds. The van der Waals surface area contributed by atoms with Crippen LogP contribution in [0.25, 0.3) is 0 Å². The Labute approximate surface area is 110 Å². The molecule has 0 saturated carbocycles. The number of rotatable bonds is 5. The molecule has 0 aromatic carbocycles. The lowest BCUT2D eigenvalue weighted by atomic mass is 10.4. The quantitative estimate of drug-likeness (QED) is 0.777. The highest BCUT2D eigenvalue weighted by molar-refractivity contribution is 8.13. The van der Waals surface area contributed by atoms with Crippen molar-refractivity contribution in [2.24, 2.45) is 0 Å². The van der Waals surface area contributed by atoms with Gasteiger partial charge in [0.15, 0.2) is 5.03 Å². The van der Waals surface area contributed by atoms with E-state index >= 15 is 0 Å². The highest BCUT2D eigenvalue weighted by atomic mass is 35.7. The third-order valence-electron chi connectivity index (χ3n) is 2.56. The van der Waals surface area contributed by atoms with Gasteiger partial charge in [0.1, 0.15) is 5.82 Å². The van der Waals surface area contributed by atoms with Crippen molar-refractivity contribution in [3.63, 3.8) is 0 Å². The minimum absolute atomic E-state index is 0.0911. The Morgan fingerprint density at radius 2 is 2.17 bits per heavy atom. The molecule has 0 N–H and O–H groups in total. The second kappa shape index (κ2) is 5.11. The Balaban J connectivity index is 2.19. The molecule has 0 bridgehead atoms. The standard InChI is InChI=1S/C10H13ClN4O2S/c1-2-9-13-10(18(11,16)17)7-15(9)6-5-14-4-3-12-8-14/h3-4,7-8H,2,5-6H2,1H3. The molecule has 2 aromatic rings. The van der Waals surface area contributed by atoms with E-state index in [1.807, 2.05) is 17.7 Å². The van der Waals surface area contributed by atoms with Crippen molar-refractivity contribution in [2.45, 2.75) is 31.5 Å². The summed E-state index contributed by atoms with van der Waals surface area (Å²) >= 11 is 0. The van der Waals surface area contributed by atoms with Crippen LogP contribution in [0, 0.1) is 0 Å². The van der Waals surface area contributed by atoms with E-state index in [1.54, 1.807) is 17.1 Å². The third kappa shape index (κ3) is 2.91. The first-order chi connectivity index (χ1) is 8.50. The van der Waals surface area contributed by atoms with Crippen LogP contribution in [0.5, 0.6) is 0 Å². The van der Waals surface area contributed by atoms with Crippen molar-refractivity contribution in [3.8, 4) is 0 Å². The summed E-state index contributed by atoms with van der Waals surface area (Å²) in [4.78, 5) is 7.96. The average Bonchev–Trinajstić information content (AvgIpc) is 2.94. The Morgan fingerprint density at radius 1 is 1.39 bits per heavy atom. The number of aryl methyl sites for hydroxylation is 3. The molecule has 0 radical (unpaired) electrons. The van der Waals surface area contributed by atoms with Crippen LogP contribution < -0.4 is 0 Å². The van der Waals surface area contributed by atoms with E-state index in [0.29, 0.717) is 25.3 Å². The van der Waals surface area contributed by atoms with E-state index in [-0.39, 0.29) is 5.03 Å². The Kier molecular flexibility index (Phi) is 3.72. The van der Waals surface area contributed by atoms with Gasteiger partial charge in [-0.05, 0) is 0 Å². The highest BCUT2D eigenvalue weighted by Gasteiger charge is 2.16. The highest BCUT2D eigenvalue weighted by Crippen LogP contribution is 2.15. The zero-order valence-corrected chi connectivity index (χ0v) is 11.4. The van der Waals surface area contributed by atoms with E-state index in [4.69, 9.17) is 10.7 Å². The minimum atomic E-state index is -3.77. The lowest BCUT2D eigenvalue weighted by Crippen LogP contribution is -2.08. The van der Waals surface area contributed by atoms with E-state index in [2.05, 4.69) is 9.97 Å². The number of hydrogen-bond acceptors (Lipinski definition) is 4. The molecule has 98 valence electrons. The van der Waals surface area contributed by atoms with E-state index in [9.17, 15) is 8.42 Å². The lowest BCUT2D eigenvalue weighted by molar-refractivity contribution is 0.560. The number of hydrogen-bond donors (Lipinski definition) is 0. The molecule has 0 saturated heterocycles. The molecule has 2 aromatic heterocycles. The molecular formula is C10H13ClN4O2S. The maximum absolute atomic E-state index is 11.2. The third-order valence-corrected chi connectivity index (χ3v) is 3.73. The average molecular weight is 289 g/mol. The zero-order valence-electron chi connectivity index (χ0n) is 9.82. The molecule has 0 unspecified atom stereocenters. The fourth-order valence-corrected chi connectivity index (χ4v) is 2.35. The van der Waals surface area contributed by atoms with Crippen molar-refractivity contribution in [2.75, 3.05) is 0 Å². The van der Waals surface area contributed by atoms with Crippen LogP contribution in [0.15, 0.2) is 29.9 Å². The normalized spacial score (nSPS) is 11.9. The van der Waals surface area contributed by atoms with Crippen LogP contribution >= 0.6 is 10.7 Å². The van der Waals surface area contributed by atoms with Gasteiger partial charge in [-0.1, -0.05) is 6.92 Å². The summed E-state index contributed by atoms with van der Waals surface area (Å²) in [7, 11) is 1.52. The summed E-state index contributed by atoms with van der Waals surface area (Å²) in [5.41, 5.74) is 0. The molecule has 2 rings (SSSR count). The smallest absolute Gasteiger partial charge is 0.280 e. The fraction of sp³-hybridized carbons (Fsp3) is 0.400. The monoisotopic (exact) mass is 288 g/mol. The van der Waals surface area contributed by atoms with Gasteiger partial charge >= 0.3 is 0 Å². The number of aromatic nitrogens is 4. The van der Waals surface area contributed by atoms with Crippen LogP contribution in [-0.4, -0.2) is 27.5 Å². The molecule has 0 aliphatic rings. The van der Waals surface area contributed by atoms with Gasteiger partial charge in [0.2, 0.25) is 0 Å². The van der Waals surface area contributed by atoms with Crippen LogP contribution in [0.1, 0.15) is 12.7 Å². The first kappa shape index (κ1) is 13.1. The predicted molar refractivity (Wildman–Crippen MR) is 66.9 cm³/mol. The van der Waals surface area contributed by atoms with Gasteiger partial charge in [0.05, 0.1) is 6.33 Å². The molecular weight excluding hydrogens is 276 g/mol. The molecule has 0 fully saturated rings. The Hall–Kier alpha value is -1.34. The summed E-state index contributed by atoms with van der Waals surface area (Å²) in [6, 6.07) is 0. The van der Waals surface area contributed by atoms with Crippen LogP contribution in [-0.2, 0) is 28.6 Å². The largest absolute Gasteiger partial charge is 0.336 e. The molecule has 0 aliphatic heterocycles. The minimum Gasteiger partial charge on any atom is -0.336 e. The predicted octanol–water partition coefficient (Wildman–Crippen LogP) is 1.27. The Bertz CT molecular complexity index is 618. The second-order valence-corrected chi connectivity index (χ2v) is 6.29. The van der Waals surface area contributed by atoms with Crippen LogP contribution in [0.3, 0.4) is 0 Å². The van der Waals surface area contributed by atoms with Gasteiger partial charge in [-0.15, -0.1) is 0 Å². The van der Waals surface area contributed by atoms with Crippen LogP contribution in [0.2, 0.25) is 0 Å². The van der Waals surface area contributed by atoms with E-state index < -0.39 is 9.05 Å². The number of halogens is 1. The fourth-order valence-electron chi connectivity index (χ4n) is 1.66. The second-order valence-electron chi connectivity index (χ2n) is 3.78. The summed E-state index contributed by atoms with van der Waals surface area (Å²) in [6.07, 6.45) is 7.38. The van der Waals surface area contributed by atoms with Crippen molar-refractivity contribution in [3.05, 3.63) is 30.7 Å². The first-order valence-corrected chi connectivity index (χ1v) is 7.78. The molecule has 0 atom stereocenters. The van der Waals surface area contributed by atoms with Gasteiger partial charge < -0.3 is 9.13 Å². The molecule has 18 heavy (non-hydrogen) atoms. The van der Waals surface area contributed by atoms with Crippen molar-refractivity contribution >= 4 is 19.7 Å². The first-order valence-electron chi connectivity index (χ1n) is 5.47. The van der Waals surface area contributed by atoms with Crippen molar-refractivity contribution in [1.29, 1.82) is 0 Å². The molecule has 0 aliphatic carbocycles. The summed E-state index contributed by atoms with van der Waals surface area (Å²) < 4.78 is 26.2. The maximum Gasteiger partial charge on any atom is 0.280 e. The van der Waals surface area contributed by atoms with Crippen LogP contribution in [0.4, 0.5) is 0 Å². The number of imidazole rings is 2. The molecule has 2 heterocycles. The molecule has 6 nitrogen and oxygen atoms in total. The molecule has 8 heteroatoms.